The van der Waals surface area contributed by atoms with Crippen LogP contribution in [0, 0.1) is 12.8 Å². The van der Waals surface area contributed by atoms with Crippen LogP contribution in [0.3, 0.4) is 0 Å². The molecule has 3 rings (SSSR count). The van der Waals surface area contributed by atoms with Crippen LogP contribution in [0.4, 0.5) is 0 Å². The molecule has 0 spiro atoms. The molecule has 3 heterocycles. The number of Topliss-reactive ketones (excluding diaryl/α,β-unsaturated/α-hetero) is 1. The molecule has 0 saturated carbocycles. The van der Waals surface area contributed by atoms with E-state index in [9.17, 15) is 13.2 Å². The van der Waals surface area contributed by atoms with Gasteiger partial charge < -0.3 is 0 Å². The molecule has 2 fully saturated rings. The van der Waals surface area contributed by atoms with E-state index in [-0.39, 0.29) is 22.2 Å². The first-order valence-electron chi connectivity index (χ1n) is 6.54. The summed E-state index contributed by atoms with van der Waals surface area (Å²) in [6.07, 6.45) is 5.42. The monoisotopic (exact) mass is 280 g/mol. The third-order valence-electron chi connectivity index (χ3n) is 4.27. The fraction of sp³-hybridized carbons (Fsp3) is 0.615. The fourth-order valence-electron chi connectivity index (χ4n) is 3.18. The van der Waals surface area contributed by atoms with Gasteiger partial charge in [-0.05, 0) is 32.6 Å². The lowest BCUT2D eigenvalue weighted by Gasteiger charge is -2.26. The maximum Gasteiger partial charge on any atom is 0.169 e. The SMILES string of the molecule is Cc1ncc(C(=O)C2CC3CCC(C2)S3(=O)=O)cn1. The van der Waals surface area contributed by atoms with Crippen molar-refractivity contribution in [1.29, 1.82) is 0 Å². The predicted molar refractivity (Wildman–Crippen MR) is 69.6 cm³/mol. The van der Waals surface area contributed by atoms with E-state index in [1.165, 1.54) is 12.4 Å². The van der Waals surface area contributed by atoms with Crippen LogP contribution in [0.25, 0.3) is 0 Å². The molecule has 2 aliphatic rings. The molecule has 0 N–H and O–H groups in total. The standard InChI is InChI=1S/C13H16N2O3S/c1-8-14-6-10(7-15-8)13(16)9-4-11-2-3-12(5-9)19(11,17)18/h6-7,9,11-12H,2-5H2,1H3. The third-order valence-corrected chi connectivity index (χ3v) is 6.99. The predicted octanol–water partition coefficient (Wildman–Crippen LogP) is 1.32. The molecular weight excluding hydrogens is 264 g/mol. The number of hydrogen-bond acceptors (Lipinski definition) is 5. The Bertz CT molecular complexity index is 589. The second kappa shape index (κ2) is 4.37. The normalized spacial score (nSPS) is 32.2. The molecule has 1 aromatic heterocycles. The molecule has 5 nitrogen and oxygen atoms in total. The maximum absolute atomic E-state index is 12.4. The lowest BCUT2D eigenvalue weighted by Crippen LogP contribution is -2.36. The van der Waals surface area contributed by atoms with Gasteiger partial charge in [0.05, 0.1) is 16.1 Å². The number of nitrogens with zero attached hydrogens (tertiary/aromatic N) is 2. The van der Waals surface area contributed by atoms with Gasteiger partial charge in [-0.1, -0.05) is 0 Å². The molecule has 1 aromatic rings. The number of hydrogen-bond donors (Lipinski definition) is 0. The zero-order chi connectivity index (χ0) is 13.6. The van der Waals surface area contributed by atoms with Crippen LogP contribution in [0.15, 0.2) is 12.4 Å². The molecule has 2 aliphatic heterocycles. The maximum atomic E-state index is 12.4. The van der Waals surface area contributed by atoms with Gasteiger partial charge in [-0.15, -0.1) is 0 Å². The quantitative estimate of drug-likeness (QED) is 0.764. The van der Waals surface area contributed by atoms with Crippen molar-refractivity contribution >= 4 is 15.6 Å². The lowest BCUT2D eigenvalue weighted by atomic mass is 9.91. The van der Waals surface area contributed by atoms with Crippen LogP contribution in [0.2, 0.25) is 0 Å². The molecule has 102 valence electrons. The summed E-state index contributed by atoms with van der Waals surface area (Å²) in [4.78, 5) is 20.4. The van der Waals surface area contributed by atoms with Gasteiger partial charge in [0.15, 0.2) is 15.6 Å². The van der Waals surface area contributed by atoms with E-state index in [1.54, 1.807) is 6.92 Å². The molecule has 0 aliphatic carbocycles. The Morgan fingerprint density at radius 2 is 1.68 bits per heavy atom. The van der Waals surface area contributed by atoms with Gasteiger partial charge in [-0.2, -0.15) is 0 Å². The minimum Gasteiger partial charge on any atom is -0.294 e. The molecule has 19 heavy (non-hydrogen) atoms. The van der Waals surface area contributed by atoms with Crippen LogP contribution in [-0.4, -0.2) is 34.7 Å². The number of aromatic nitrogens is 2. The van der Waals surface area contributed by atoms with Crippen molar-refractivity contribution in [2.45, 2.75) is 43.1 Å². The van der Waals surface area contributed by atoms with Gasteiger partial charge in [-0.25, -0.2) is 18.4 Å². The number of ketones is 1. The first-order chi connectivity index (χ1) is 8.98. The summed E-state index contributed by atoms with van der Waals surface area (Å²) >= 11 is 0. The van der Waals surface area contributed by atoms with E-state index in [2.05, 4.69) is 9.97 Å². The van der Waals surface area contributed by atoms with Gasteiger partial charge in [0.1, 0.15) is 5.82 Å². The van der Waals surface area contributed by atoms with Crippen molar-refractivity contribution in [3.05, 3.63) is 23.8 Å². The van der Waals surface area contributed by atoms with Gasteiger partial charge in [-0.3, -0.25) is 4.79 Å². The summed E-state index contributed by atoms with van der Waals surface area (Å²) < 4.78 is 24.0. The summed E-state index contributed by atoms with van der Waals surface area (Å²) in [6.45, 7) is 1.77. The molecule has 0 amide bonds. The van der Waals surface area contributed by atoms with Crippen molar-refractivity contribution in [3.63, 3.8) is 0 Å². The second-order valence-electron chi connectivity index (χ2n) is 5.46. The molecule has 0 aromatic carbocycles. The smallest absolute Gasteiger partial charge is 0.169 e. The molecular formula is C13H16N2O3S. The first kappa shape index (κ1) is 12.7. The lowest BCUT2D eigenvalue weighted by molar-refractivity contribution is 0.0904. The van der Waals surface area contributed by atoms with Gasteiger partial charge in [0.25, 0.3) is 0 Å². The Kier molecular flexibility index (Phi) is 2.92. The van der Waals surface area contributed by atoms with E-state index in [0.29, 0.717) is 37.1 Å². The Morgan fingerprint density at radius 1 is 1.16 bits per heavy atom. The minimum absolute atomic E-state index is 0.00759. The fourth-order valence-corrected chi connectivity index (χ4v) is 5.65. The molecule has 6 heteroatoms. The van der Waals surface area contributed by atoms with Crippen molar-refractivity contribution in [2.75, 3.05) is 0 Å². The van der Waals surface area contributed by atoms with Crippen molar-refractivity contribution in [1.82, 2.24) is 9.97 Å². The number of fused-ring (bicyclic) bond motifs is 2. The van der Waals surface area contributed by atoms with Gasteiger partial charge in [0.2, 0.25) is 0 Å². The van der Waals surface area contributed by atoms with E-state index < -0.39 is 9.84 Å². The van der Waals surface area contributed by atoms with Crippen molar-refractivity contribution in [3.8, 4) is 0 Å². The van der Waals surface area contributed by atoms with E-state index >= 15 is 0 Å². The van der Waals surface area contributed by atoms with Crippen LogP contribution in [-0.2, 0) is 9.84 Å². The van der Waals surface area contributed by atoms with E-state index in [0.717, 1.165) is 0 Å². The Balaban J connectivity index is 1.82. The molecule has 2 saturated heterocycles. The molecule has 2 bridgehead atoms. The summed E-state index contributed by atoms with van der Waals surface area (Å²) in [5, 5.41) is -0.627. The molecule has 0 radical (unpaired) electrons. The first-order valence-corrected chi connectivity index (χ1v) is 8.15. The van der Waals surface area contributed by atoms with Crippen LogP contribution in [0.5, 0.6) is 0 Å². The van der Waals surface area contributed by atoms with E-state index in [4.69, 9.17) is 0 Å². The summed E-state index contributed by atoms with van der Waals surface area (Å²) in [7, 11) is -2.97. The number of aryl methyl sites for hydroxylation is 1. The Labute approximate surface area is 112 Å². The average Bonchev–Trinajstić information content (AvgIpc) is 2.59. The van der Waals surface area contributed by atoms with Crippen LogP contribution < -0.4 is 0 Å². The topological polar surface area (TPSA) is 77.0 Å². The highest BCUT2D eigenvalue weighted by molar-refractivity contribution is 7.93. The summed E-state index contributed by atoms with van der Waals surface area (Å²) in [5.41, 5.74) is 0.495. The largest absolute Gasteiger partial charge is 0.294 e. The number of sulfone groups is 1. The Hall–Kier alpha value is -1.30. The second-order valence-corrected chi connectivity index (χ2v) is 7.97. The van der Waals surface area contributed by atoms with Crippen molar-refractivity contribution < 1.29 is 13.2 Å². The highest BCUT2D eigenvalue weighted by Gasteiger charge is 2.48. The Morgan fingerprint density at radius 3 is 2.21 bits per heavy atom. The van der Waals surface area contributed by atoms with Gasteiger partial charge in [0, 0.05) is 18.3 Å². The number of carbonyl (C=O) groups excluding carboxylic acids is 1. The summed E-state index contributed by atoms with van der Waals surface area (Å²) in [6, 6.07) is 0. The number of rotatable bonds is 2. The zero-order valence-corrected chi connectivity index (χ0v) is 11.6. The highest BCUT2D eigenvalue weighted by Crippen LogP contribution is 2.42. The number of carbonyl (C=O) groups is 1. The molecule has 2 atom stereocenters. The zero-order valence-electron chi connectivity index (χ0n) is 10.7. The van der Waals surface area contributed by atoms with E-state index in [1.807, 2.05) is 0 Å². The van der Waals surface area contributed by atoms with Crippen molar-refractivity contribution in [2.24, 2.45) is 5.92 Å². The van der Waals surface area contributed by atoms with Gasteiger partial charge >= 0.3 is 0 Å². The third kappa shape index (κ3) is 2.08. The minimum atomic E-state index is -2.97. The van der Waals surface area contributed by atoms with Crippen LogP contribution in [0.1, 0.15) is 41.9 Å². The average molecular weight is 280 g/mol. The highest BCUT2D eigenvalue weighted by atomic mass is 32.2. The van der Waals surface area contributed by atoms with Crippen LogP contribution >= 0.6 is 0 Å². The summed E-state index contributed by atoms with van der Waals surface area (Å²) in [5.74, 6) is 0.432. The molecule has 2 unspecified atom stereocenters.